The van der Waals surface area contributed by atoms with E-state index in [2.05, 4.69) is 15.9 Å². The SMILES string of the molecule is COc1cc([N+](=O)[O-])cc(Br)c1CC#N. The second-order valence-electron chi connectivity index (χ2n) is 2.70. The molecule has 1 aromatic rings. The van der Waals surface area contributed by atoms with Crippen LogP contribution in [-0.2, 0) is 6.42 Å². The Morgan fingerprint density at radius 3 is 2.80 bits per heavy atom. The van der Waals surface area contributed by atoms with Gasteiger partial charge >= 0.3 is 0 Å². The smallest absolute Gasteiger partial charge is 0.274 e. The normalized spacial score (nSPS) is 9.40. The number of halogens is 1. The standard InChI is InChI=1S/C9H7BrN2O3/c1-15-9-5-6(12(13)14)4-8(10)7(9)2-3-11/h4-5H,2H2,1H3. The van der Waals surface area contributed by atoms with Gasteiger partial charge in [-0.25, -0.2) is 0 Å². The molecular weight excluding hydrogens is 264 g/mol. The third-order valence-corrected chi connectivity index (χ3v) is 2.53. The highest BCUT2D eigenvalue weighted by Gasteiger charge is 2.15. The van der Waals surface area contributed by atoms with Crippen LogP contribution in [0.2, 0.25) is 0 Å². The van der Waals surface area contributed by atoms with Gasteiger partial charge in [0.15, 0.2) is 0 Å². The first kappa shape index (κ1) is 11.5. The van der Waals surface area contributed by atoms with Crippen molar-refractivity contribution >= 4 is 21.6 Å². The van der Waals surface area contributed by atoms with Gasteiger partial charge < -0.3 is 4.74 Å². The van der Waals surface area contributed by atoms with Crippen LogP contribution in [0.5, 0.6) is 5.75 Å². The van der Waals surface area contributed by atoms with E-state index < -0.39 is 4.92 Å². The van der Waals surface area contributed by atoms with Crippen molar-refractivity contribution in [3.63, 3.8) is 0 Å². The van der Waals surface area contributed by atoms with Gasteiger partial charge in [0.05, 0.1) is 30.6 Å². The molecule has 0 heterocycles. The lowest BCUT2D eigenvalue weighted by Gasteiger charge is -2.07. The van der Waals surface area contributed by atoms with Crippen molar-refractivity contribution in [2.75, 3.05) is 7.11 Å². The average Bonchev–Trinajstić information content (AvgIpc) is 2.20. The number of nitriles is 1. The molecule has 0 aliphatic rings. The van der Waals surface area contributed by atoms with Gasteiger partial charge in [0, 0.05) is 16.1 Å². The molecule has 0 spiro atoms. The monoisotopic (exact) mass is 270 g/mol. The van der Waals surface area contributed by atoms with E-state index in [1.54, 1.807) is 0 Å². The first-order valence-electron chi connectivity index (χ1n) is 3.98. The second-order valence-corrected chi connectivity index (χ2v) is 3.55. The Labute approximate surface area is 94.6 Å². The molecule has 0 N–H and O–H groups in total. The van der Waals surface area contributed by atoms with Crippen LogP contribution >= 0.6 is 15.9 Å². The number of nitrogens with zero attached hydrogens (tertiary/aromatic N) is 2. The number of rotatable bonds is 3. The Morgan fingerprint density at radius 1 is 1.67 bits per heavy atom. The molecule has 0 aliphatic heterocycles. The molecule has 6 heteroatoms. The van der Waals surface area contributed by atoms with Crippen molar-refractivity contribution < 1.29 is 9.66 Å². The summed E-state index contributed by atoms with van der Waals surface area (Å²) in [7, 11) is 1.41. The number of nitro benzene ring substituents is 1. The van der Waals surface area contributed by atoms with Gasteiger partial charge in [0.1, 0.15) is 5.75 Å². The molecular formula is C9H7BrN2O3. The summed E-state index contributed by atoms with van der Waals surface area (Å²) in [4.78, 5) is 10.0. The van der Waals surface area contributed by atoms with Crippen LogP contribution in [0.25, 0.3) is 0 Å². The molecule has 0 unspecified atom stereocenters. The molecule has 0 fully saturated rings. The zero-order valence-corrected chi connectivity index (χ0v) is 9.44. The highest BCUT2D eigenvalue weighted by Crippen LogP contribution is 2.32. The Kier molecular flexibility index (Phi) is 3.63. The minimum Gasteiger partial charge on any atom is -0.496 e. The van der Waals surface area contributed by atoms with Gasteiger partial charge in [0.2, 0.25) is 0 Å². The zero-order chi connectivity index (χ0) is 11.4. The molecule has 0 radical (unpaired) electrons. The molecule has 0 atom stereocenters. The number of ether oxygens (including phenoxy) is 1. The lowest BCUT2D eigenvalue weighted by atomic mass is 10.1. The summed E-state index contributed by atoms with van der Waals surface area (Å²) in [6.07, 6.45) is 0.141. The molecule has 15 heavy (non-hydrogen) atoms. The molecule has 0 aliphatic carbocycles. The average molecular weight is 271 g/mol. The van der Waals surface area contributed by atoms with Gasteiger partial charge in [-0.05, 0) is 0 Å². The third kappa shape index (κ3) is 2.44. The molecule has 0 bridgehead atoms. The maximum atomic E-state index is 10.6. The van der Waals surface area contributed by atoms with Crippen LogP contribution in [0.4, 0.5) is 5.69 Å². The number of methoxy groups -OCH3 is 1. The van der Waals surface area contributed by atoms with Crippen molar-refractivity contribution in [1.82, 2.24) is 0 Å². The summed E-state index contributed by atoms with van der Waals surface area (Å²) < 4.78 is 5.49. The molecule has 1 aromatic carbocycles. The first-order valence-corrected chi connectivity index (χ1v) is 4.77. The van der Waals surface area contributed by atoms with Crippen LogP contribution in [0, 0.1) is 21.4 Å². The van der Waals surface area contributed by atoms with Crippen molar-refractivity contribution in [3.05, 3.63) is 32.3 Å². The number of nitro groups is 1. The van der Waals surface area contributed by atoms with E-state index in [4.69, 9.17) is 10.00 Å². The lowest BCUT2D eigenvalue weighted by Crippen LogP contribution is -1.96. The predicted molar refractivity (Wildman–Crippen MR) is 56.7 cm³/mol. The highest BCUT2D eigenvalue weighted by atomic mass is 79.9. The molecule has 0 saturated carbocycles. The van der Waals surface area contributed by atoms with Crippen molar-refractivity contribution in [1.29, 1.82) is 5.26 Å². The van der Waals surface area contributed by atoms with Gasteiger partial charge in [-0.2, -0.15) is 5.26 Å². The number of benzene rings is 1. The number of hydrogen-bond donors (Lipinski definition) is 0. The van der Waals surface area contributed by atoms with E-state index in [9.17, 15) is 10.1 Å². The van der Waals surface area contributed by atoms with Crippen LogP contribution in [0.1, 0.15) is 5.56 Å². The van der Waals surface area contributed by atoms with Crippen LogP contribution in [-0.4, -0.2) is 12.0 Å². The summed E-state index contributed by atoms with van der Waals surface area (Å²) in [6.45, 7) is 0. The summed E-state index contributed by atoms with van der Waals surface area (Å²) >= 11 is 3.17. The molecule has 1 rings (SSSR count). The van der Waals surface area contributed by atoms with Gasteiger partial charge in [-0.15, -0.1) is 0 Å². The summed E-state index contributed by atoms with van der Waals surface area (Å²) in [5.74, 6) is 0.345. The molecule has 0 aromatic heterocycles. The summed E-state index contributed by atoms with van der Waals surface area (Å²) in [5.41, 5.74) is 0.547. The Bertz CT molecular complexity index is 440. The van der Waals surface area contributed by atoms with Gasteiger partial charge in [-0.1, -0.05) is 15.9 Å². The summed E-state index contributed by atoms with van der Waals surface area (Å²) in [5, 5.41) is 19.1. The Morgan fingerprint density at radius 2 is 2.33 bits per heavy atom. The zero-order valence-electron chi connectivity index (χ0n) is 7.86. The maximum absolute atomic E-state index is 10.6. The summed E-state index contributed by atoms with van der Waals surface area (Å²) in [6, 6.07) is 4.63. The van der Waals surface area contributed by atoms with E-state index in [-0.39, 0.29) is 12.1 Å². The fourth-order valence-electron chi connectivity index (χ4n) is 1.14. The fraction of sp³-hybridized carbons (Fsp3) is 0.222. The van der Waals surface area contributed by atoms with E-state index in [1.165, 1.54) is 19.2 Å². The maximum Gasteiger partial charge on any atom is 0.274 e. The van der Waals surface area contributed by atoms with Crippen LogP contribution in [0.3, 0.4) is 0 Å². The van der Waals surface area contributed by atoms with Crippen LogP contribution < -0.4 is 4.74 Å². The third-order valence-electron chi connectivity index (χ3n) is 1.83. The number of hydrogen-bond acceptors (Lipinski definition) is 4. The van der Waals surface area contributed by atoms with Gasteiger partial charge in [0.25, 0.3) is 5.69 Å². The van der Waals surface area contributed by atoms with Crippen molar-refractivity contribution in [2.45, 2.75) is 6.42 Å². The number of non-ortho nitro benzene ring substituents is 1. The molecule has 0 amide bonds. The van der Waals surface area contributed by atoms with Crippen molar-refractivity contribution in [3.8, 4) is 11.8 Å². The quantitative estimate of drug-likeness (QED) is 0.624. The fourth-order valence-corrected chi connectivity index (χ4v) is 1.71. The molecule has 0 saturated heterocycles. The largest absolute Gasteiger partial charge is 0.496 e. The molecule has 5 nitrogen and oxygen atoms in total. The van der Waals surface area contributed by atoms with Gasteiger partial charge in [-0.3, -0.25) is 10.1 Å². The van der Waals surface area contributed by atoms with Crippen molar-refractivity contribution in [2.24, 2.45) is 0 Å². The second kappa shape index (κ2) is 4.75. The molecule has 78 valence electrons. The van der Waals surface area contributed by atoms with E-state index >= 15 is 0 Å². The Balaban J connectivity index is 3.31. The Hall–Kier alpha value is -1.61. The minimum atomic E-state index is -0.510. The van der Waals surface area contributed by atoms with E-state index in [0.717, 1.165) is 0 Å². The van der Waals surface area contributed by atoms with Crippen LogP contribution in [0.15, 0.2) is 16.6 Å². The first-order chi connectivity index (χ1) is 7.10. The lowest BCUT2D eigenvalue weighted by molar-refractivity contribution is -0.385. The van der Waals surface area contributed by atoms with E-state index in [0.29, 0.717) is 15.8 Å². The highest BCUT2D eigenvalue weighted by molar-refractivity contribution is 9.10. The predicted octanol–water partition coefficient (Wildman–Crippen LogP) is 2.43. The minimum absolute atomic E-state index is 0.0691. The topological polar surface area (TPSA) is 76.2 Å². The van der Waals surface area contributed by atoms with E-state index in [1.807, 2.05) is 6.07 Å².